The highest BCUT2D eigenvalue weighted by molar-refractivity contribution is 8.00. The zero-order chi connectivity index (χ0) is 13.0. The number of nitrogens with two attached hydrogens (primary N) is 1. The van der Waals surface area contributed by atoms with Gasteiger partial charge in [-0.3, -0.25) is 4.79 Å². The van der Waals surface area contributed by atoms with Crippen molar-refractivity contribution in [2.45, 2.75) is 24.7 Å². The molecule has 0 aliphatic carbocycles. The minimum atomic E-state index is 0.0175. The fourth-order valence-electron chi connectivity index (χ4n) is 1.88. The van der Waals surface area contributed by atoms with Crippen LogP contribution >= 0.6 is 11.8 Å². The third-order valence-corrected chi connectivity index (χ3v) is 4.41. The molecule has 5 heteroatoms. The van der Waals surface area contributed by atoms with Gasteiger partial charge in [-0.2, -0.15) is 0 Å². The van der Waals surface area contributed by atoms with Crippen molar-refractivity contribution in [2.24, 2.45) is 0 Å². The van der Waals surface area contributed by atoms with Crippen LogP contribution in [-0.4, -0.2) is 29.6 Å². The maximum atomic E-state index is 11.8. The summed E-state index contributed by atoms with van der Waals surface area (Å²) in [7, 11) is 0. The van der Waals surface area contributed by atoms with Crippen LogP contribution in [-0.2, 0) is 9.53 Å². The molecule has 0 spiro atoms. The second-order valence-corrected chi connectivity index (χ2v) is 5.61. The maximum Gasteiger partial charge on any atom is 0.234 e. The van der Waals surface area contributed by atoms with Crippen LogP contribution in [0.3, 0.4) is 0 Å². The van der Waals surface area contributed by atoms with Gasteiger partial charge in [0.2, 0.25) is 5.91 Å². The highest BCUT2D eigenvalue weighted by Gasteiger charge is 2.25. The highest BCUT2D eigenvalue weighted by atomic mass is 32.2. The fraction of sp³-hybridized carbons (Fsp3) is 0.462. The summed E-state index contributed by atoms with van der Waals surface area (Å²) in [4.78, 5) is 11.8. The number of amides is 1. The van der Waals surface area contributed by atoms with E-state index in [9.17, 15) is 4.79 Å². The van der Waals surface area contributed by atoms with Gasteiger partial charge in [0.05, 0.1) is 11.9 Å². The SMILES string of the molecule is CC1OCCC1SCC(=O)Nc1ccc(N)cc1. The first-order chi connectivity index (χ1) is 8.65. The summed E-state index contributed by atoms with van der Waals surface area (Å²) in [6.45, 7) is 2.86. The van der Waals surface area contributed by atoms with Gasteiger partial charge >= 0.3 is 0 Å². The Bertz CT molecular complexity index is 408. The number of rotatable bonds is 4. The molecule has 18 heavy (non-hydrogen) atoms. The quantitative estimate of drug-likeness (QED) is 0.819. The second kappa shape index (κ2) is 6.11. The molecule has 1 aromatic rings. The maximum absolute atomic E-state index is 11.8. The van der Waals surface area contributed by atoms with E-state index in [1.165, 1.54) is 0 Å². The Morgan fingerprint density at radius 3 is 2.83 bits per heavy atom. The topological polar surface area (TPSA) is 64.3 Å². The molecule has 0 radical (unpaired) electrons. The van der Waals surface area contributed by atoms with Gasteiger partial charge in [-0.1, -0.05) is 0 Å². The molecule has 3 N–H and O–H groups in total. The molecule has 0 bridgehead atoms. The van der Waals surface area contributed by atoms with Crippen LogP contribution in [0.25, 0.3) is 0 Å². The van der Waals surface area contributed by atoms with E-state index >= 15 is 0 Å². The van der Waals surface area contributed by atoms with Crippen molar-refractivity contribution >= 4 is 29.0 Å². The summed E-state index contributed by atoms with van der Waals surface area (Å²) in [5.41, 5.74) is 7.06. The van der Waals surface area contributed by atoms with Crippen LogP contribution in [0.1, 0.15) is 13.3 Å². The van der Waals surface area contributed by atoms with Crippen molar-refractivity contribution in [1.82, 2.24) is 0 Å². The number of carbonyl (C=O) groups is 1. The average molecular weight is 266 g/mol. The van der Waals surface area contributed by atoms with Crippen LogP contribution in [0.5, 0.6) is 0 Å². The van der Waals surface area contributed by atoms with Crippen LogP contribution in [0.2, 0.25) is 0 Å². The Labute approximate surface area is 111 Å². The van der Waals surface area contributed by atoms with E-state index in [2.05, 4.69) is 12.2 Å². The minimum absolute atomic E-state index is 0.0175. The van der Waals surface area contributed by atoms with Crippen molar-refractivity contribution < 1.29 is 9.53 Å². The van der Waals surface area contributed by atoms with E-state index < -0.39 is 0 Å². The normalized spacial score (nSPS) is 22.9. The summed E-state index contributed by atoms with van der Waals surface area (Å²) >= 11 is 1.66. The highest BCUT2D eigenvalue weighted by Crippen LogP contribution is 2.26. The van der Waals surface area contributed by atoms with E-state index in [0.717, 1.165) is 18.7 Å². The number of carbonyl (C=O) groups excluding carboxylic acids is 1. The number of hydrogen-bond donors (Lipinski definition) is 2. The summed E-state index contributed by atoms with van der Waals surface area (Å²) in [5, 5.41) is 3.28. The van der Waals surface area contributed by atoms with Crippen LogP contribution in [0, 0.1) is 0 Å². The van der Waals surface area contributed by atoms with Gasteiger partial charge in [0.15, 0.2) is 0 Å². The Kier molecular flexibility index (Phi) is 4.49. The molecule has 4 nitrogen and oxygen atoms in total. The molecule has 2 unspecified atom stereocenters. The average Bonchev–Trinajstić information content (AvgIpc) is 2.75. The van der Waals surface area contributed by atoms with Crippen molar-refractivity contribution in [2.75, 3.05) is 23.4 Å². The second-order valence-electron chi connectivity index (χ2n) is 4.38. The standard InChI is InChI=1S/C13H18N2O2S/c1-9-12(6-7-17-9)18-8-13(16)15-11-4-2-10(14)3-5-11/h2-5,9,12H,6-8,14H2,1H3,(H,15,16). The molecule has 2 rings (SSSR count). The summed E-state index contributed by atoms with van der Waals surface area (Å²) in [5.74, 6) is 0.479. The zero-order valence-electron chi connectivity index (χ0n) is 10.4. The minimum Gasteiger partial charge on any atom is -0.399 e. The van der Waals surface area contributed by atoms with Crippen molar-refractivity contribution in [1.29, 1.82) is 0 Å². The predicted molar refractivity (Wildman–Crippen MR) is 75.8 cm³/mol. The number of hydrogen-bond acceptors (Lipinski definition) is 4. The number of benzene rings is 1. The Balaban J connectivity index is 1.76. The van der Waals surface area contributed by atoms with E-state index in [-0.39, 0.29) is 12.0 Å². The monoisotopic (exact) mass is 266 g/mol. The van der Waals surface area contributed by atoms with Gasteiger partial charge in [0, 0.05) is 23.2 Å². The molecular formula is C13H18N2O2S. The molecule has 1 aliphatic rings. The Morgan fingerprint density at radius 1 is 1.50 bits per heavy atom. The molecular weight excluding hydrogens is 248 g/mol. The number of nitrogens with one attached hydrogen (secondary N) is 1. The molecule has 1 saturated heterocycles. The first kappa shape index (κ1) is 13.2. The smallest absolute Gasteiger partial charge is 0.234 e. The van der Waals surface area contributed by atoms with Crippen LogP contribution in [0.4, 0.5) is 11.4 Å². The first-order valence-electron chi connectivity index (χ1n) is 6.04. The summed E-state index contributed by atoms with van der Waals surface area (Å²) < 4.78 is 5.46. The molecule has 1 heterocycles. The molecule has 0 aromatic heterocycles. The Morgan fingerprint density at radius 2 is 2.22 bits per heavy atom. The lowest BCUT2D eigenvalue weighted by Crippen LogP contribution is -2.19. The van der Waals surface area contributed by atoms with E-state index in [0.29, 0.717) is 16.7 Å². The Hall–Kier alpha value is -1.20. The largest absolute Gasteiger partial charge is 0.399 e. The lowest BCUT2D eigenvalue weighted by molar-refractivity contribution is -0.113. The van der Waals surface area contributed by atoms with Gasteiger partial charge in [-0.25, -0.2) is 0 Å². The van der Waals surface area contributed by atoms with E-state index in [1.807, 2.05) is 0 Å². The van der Waals surface area contributed by atoms with Gasteiger partial charge in [-0.15, -0.1) is 11.8 Å². The lowest BCUT2D eigenvalue weighted by atomic mass is 10.3. The zero-order valence-corrected chi connectivity index (χ0v) is 11.2. The number of thioether (sulfide) groups is 1. The van der Waals surface area contributed by atoms with Crippen molar-refractivity contribution in [3.05, 3.63) is 24.3 Å². The number of anilines is 2. The number of nitrogen functional groups attached to an aromatic ring is 1. The molecule has 0 saturated carbocycles. The van der Waals surface area contributed by atoms with Gasteiger partial charge in [0.1, 0.15) is 0 Å². The molecule has 1 fully saturated rings. The fourth-order valence-corrected chi connectivity index (χ4v) is 2.93. The molecule has 1 aromatic carbocycles. The van der Waals surface area contributed by atoms with Crippen molar-refractivity contribution in [3.8, 4) is 0 Å². The lowest BCUT2D eigenvalue weighted by Gasteiger charge is -2.13. The first-order valence-corrected chi connectivity index (χ1v) is 7.08. The number of ether oxygens (including phenoxy) is 1. The predicted octanol–water partition coefficient (Wildman–Crippen LogP) is 2.12. The summed E-state index contributed by atoms with van der Waals surface area (Å²) in [6, 6.07) is 7.16. The van der Waals surface area contributed by atoms with Gasteiger partial charge in [0.25, 0.3) is 0 Å². The van der Waals surface area contributed by atoms with Gasteiger partial charge in [-0.05, 0) is 37.6 Å². The van der Waals surface area contributed by atoms with Crippen LogP contribution < -0.4 is 11.1 Å². The van der Waals surface area contributed by atoms with E-state index in [4.69, 9.17) is 10.5 Å². The van der Waals surface area contributed by atoms with Gasteiger partial charge < -0.3 is 15.8 Å². The molecule has 1 amide bonds. The molecule has 98 valence electrons. The summed E-state index contributed by atoms with van der Waals surface area (Å²) in [6.07, 6.45) is 1.28. The molecule has 1 aliphatic heterocycles. The van der Waals surface area contributed by atoms with E-state index in [1.54, 1.807) is 36.0 Å². The third-order valence-electron chi connectivity index (χ3n) is 2.93. The van der Waals surface area contributed by atoms with Crippen molar-refractivity contribution in [3.63, 3.8) is 0 Å². The molecule has 2 atom stereocenters. The van der Waals surface area contributed by atoms with Crippen LogP contribution in [0.15, 0.2) is 24.3 Å². The third kappa shape index (κ3) is 3.65.